The molecule has 2 aromatic rings. The molecule has 1 aromatic carbocycles. The van der Waals surface area contributed by atoms with E-state index >= 15 is 0 Å². The Kier molecular flexibility index (Phi) is 4.37. The molecule has 1 aromatic heterocycles. The van der Waals surface area contributed by atoms with Gasteiger partial charge < -0.3 is 15.3 Å². The zero-order valence-electron chi connectivity index (χ0n) is 18.9. The Morgan fingerprint density at radius 3 is 2.68 bits per heavy atom. The van der Waals surface area contributed by atoms with Gasteiger partial charge in [0.15, 0.2) is 0 Å². The van der Waals surface area contributed by atoms with Crippen molar-refractivity contribution < 1.29 is 23.5 Å². The van der Waals surface area contributed by atoms with Gasteiger partial charge in [-0.25, -0.2) is 14.8 Å². The smallest absolute Gasteiger partial charge is 0.325 e. The second-order valence-corrected chi connectivity index (χ2v) is 9.62. The number of carbonyl (C=O) groups excluding carboxylic acids is 2. The first-order valence-electron chi connectivity index (χ1n) is 11.7. The van der Waals surface area contributed by atoms with Crippen molar-refractivity contribution in [2.75, 3.05) is 18.0 Å². The lowest BCUT2D eigenvalue weighted by molar-refractivity contribution is -0.131. The minimum atomic E-state index is -3.03. The first kappa shape index (κ1) is 21.4. The van der Waals surface area contributed by atoms with E-state index in [2.05, 4.69) is 15.3 Å². The van der Waals surface area contributed by atoms with Crippen molar-refractivity contribution in [1.29, 1.82) is 0 Å². The van der Waals surface area contributed by atoms with E-state index in [-0.39, 0.29) is 36.4 Å². The molecule has 178 valence electrons. The topological polar surface area (TPSA) is 98.7 Å². The highest BCUT2D eigenvalue weighted by Gasteiger charge is 2.55. The summed E-state index contributed by atoms with van der Waals surface area (Å²) in [6.45, 7) is 4.17. The molecule has 2 fully saturated rings. The lowest BCUT2D eigenvalue weighted by atomic mass is 9.90. The van der Waals surface area contributed by atoms with E-state index in [1.807, 2.05) is 19.1 Å². The van der Waals surface area contributed by atoms with Crippen molar-refractivity contribution in [3.8, 4) is 11.3 Å². The van der Waals surface area contributed by atoms with Crippen LogP contribution in [-0.4, -0.2) is 57.1 Å². The van der Waals surface area contributed by atoms with Crippen molar-refractivity contribution in [2.45, 2.75) is 63.1 Å². The molecular weight excluding hydrogens is 444 g/mol. The Bertz CT molecular complexity index is 1250. The second kappa shape index (κ2) is 6.94. The maximum Gasteiger partial charge on any atom is 0.325 e. The highest BCUT2D eigenvalue weighted by Crippen LogP contribution is 2.47. The van der Waals surface area contributed by atoms with Crippen LogP contribution in [0.25, 0.3) is 11.3 Å². The fraction of sp³-hybridized carbons (Fsp3) is 0.500. The summed E-state index contributed by atoms with van der Waals surface area (Å²) in [5.74, 6) is -3.08. The number of halogens is 2. The number of benzene rings is 1. The molecule has 3 heterocycles. The van der Waals surface area contributed by atoms with Gasteiger partial charge in [-0.15, -0.1) is 0 Å². The average molecular weight is 469 g/mol. The third-order valence-electron chi connectivity index (χ3n) is 7.82. The predicted octanol–water partition coefficient (Wildman–Crippen LogP) is 2.46. The minimum absolute atomic E-state index is 0.178. The number of aliphatic hydroxyl groups excluding tert-OH is 1. The van der Waals surface area contributed by atoms with Gasteiger partial charge in [0, 0.05) is 30.6 Å². The van der Waals surface area contributed by atoms with Crippen LogP contribution < -0.4 is 10.2 Å². The van der Waals surface area contributed by atoms with E-state index in [0.717, 1.165) is 11.1 Å². The molecule has 2 saturated heterocycles. The summed E-state index contributed by atoms with van der Waals surface area (Å²) < 4.78 is 29.4. The zero-order chi connectivity index (χ0) is 24.0. The van der Waals surface area contributed by atoms with Crippen LogP contribution in [0.5, 0.6) is 0 Å². The SMILES string of the molecule is CCN1C(=O)N[C@]2(CCc3cc(-c4nc(N5C[C@@H](O)[C@@H]5C)nc5c4CCC5(F)F)ccc32)C1=O. The van der Waals surface area contributed by atoms with Gasteiger partial charge in [-0.3, -0.25) is 9.69 Å². The quantitative estimate of drug-likeness (QED) is 0.671. The first-order chi connectivity index (χ1) is 16.2. The molecule has 6 rings (SSSR count). The summed E-state index contributed by atoms with van der Waals surface area (Å²) in [7, 11) is 0. The number of amides is 3. The number of β-amino-alcohol motifs (C(OH)–C–C–N with tert-alkyl or cyclic N) is 1. The molecular formula is C24H25F2N5O3. The Morgan fingerprint density at radius 2 is 2.00 bits per heavy atom. The van der Waals surface area contributed by atoms with Crippen LogP contribution in [0, 0.1) is 0 Å². The number of carbonyl (C=O) groups is 2. The van der Waals surface area contributed by atoms with Gasteiger partial charge >= 0.3 is 6.03 Å². The van der Waals surface area contributed by atoms with Crippen molar-refractivity contribution in [3.05, 3.63) is 40.6 Å². The molecule has 8 nitrogen and oxygen atoms in total. The van der Waals surface area contributed by atoms with Crippen molar-refractivity contribution >= 4 is 17.9 Å². The molecule has 3 amide bonds. The number of anilines is 1. The predicted molar refractivity (Wildman–Crippen MR) is 118 cm³/mol. The van der Waals surface area contributed by atoms with E-state index in [9.17, 15) is 23.5 Å². The molecule has 10 heteroatoms. The summed E-state index contributed by atoms with van der Waals surface area (Å²) in [6.07, 6.45) is 0.364. The van der Waals surface area contributed by atoms with E-state index in [1.54, 1.807) is 17.9 Å². The number of aromatic nitrogens is 2. The van der Waals surface area contributed by atoms with Crippen LogP contribution in [0.4, 0.5) is 19.5 Å². The number of rotatable bonds is 3. The van der Waals surface area contributed by atoms with Gasteiger partial charge in [0.1, 0.15) is 11.2 Å². The van der Waals surface area contributed by atoms with Crippen LogP contribution >= 0.6 is 0 Å². The van der Waals surface area contributed by atoms with Crippen molar-refractivity contribution in [3.63, 3.8) is 0 Å². The number of hydrogen-bond acceptors (Lipinski definition) is 6. The molecule has 2 aliphatic carbocycles. The normalized spacial score (nSPS) is 28.9. The van der Waals surface area contributed by atoms with Gasteiger partial charge in [0.25, 0.3) is 11.8 Å². The number of likely N-dealkylation sites (N-methyl/N-ethyl adjacent to an activating group) is 1. The van der Waals surface area contributed by atoms with Gasteiger partial charge in [-0.05, 0) is 50.3 Å². The Hall–Kier alpha value is -3.14. The standard InChI is InChI=1S/C24H25F2N5O3/c1-3-30-20(33)23(29-22(30)34)8-6-13-10-14(4-5-16(13)23)18-15-7-9-24(25,26)19(15)28-21(27-18)31-11-17(32)12(31)2/h4-5,10,12,17,32H,3,6-9,11H2,1-2H3,(H,29,34)/t12-,17+,23-/m0/s1. The maximum atomic E-state index is 14.7. The van der Waals surface area contributed by atoms with Crippen LogP contribution in [0.15, 0.2) is 18.2 Å². The summed E-state index contributed by atoms with van der Waals surface area (Å²) in [5.41, 5.74) is 1.94. The number of nitrogens with zero attached hydrogens (tertiary/aromatic N) is 4. The van der Waals surface area contributed by atoms with Crippen molar-refractivity contribution in [1.82, 2.24) is 20.2 Å². The molecule has 4 aliphatic rings. The Morgan fingerprint density at radius 1 is 1.21 bits per heavy atom. The minimum Gasteiger partial charge on any atom is -0.389 e. The van der Waals surface area contributed by atoms with Crippen LogP contribution in [-0.2, 0) is 29.1 Å². The second-order valence-electron chi connectivity index (χ2n) is 9.62. The highest BCUT2D eigenvalue weighted by atomic mass is 19.3. The summed E-state index contributed by atoms with van der Waals surface area (Å²) in [6, 6.07) is 4.86. The van der Waals surface area contributed by atoms with Crippen LogP contribution in [0.2, 0.25) is 0 Å². The summed E-state index contributed by atoms with van der Waals surface area (Å²) >= 11 is 0. The molecule has 0 radical (unpaired) electrons. The maximum absolute atomic E-state index is 14.7. The van der Waals surface area contributed by atoms with E-state index in [4.69, 9.17) is 0 Å². The number of imide groups is 1. The van der Waals surface area contributed by atoms with E-state index in [0.29, 0.717) is 42.8 Å². The van der Waals surface area contributed by atoms with Crippen LogP contribution in [0.1, 0.15) is 49.1 Å². The average Bonchev–Trinajstić information content (AvgIpc) is 3.42. The van der Waals surface area contributed by atoms with Crippen LogP contribution in [0.3, 0.4) is 0 Å². The fourth-order valence-corrected chi connectivity index (χ4v) is 5.72. The molecule has 0 bridgehead atoms. The number of aliphatic hydroxyl groups is 1. The molecule has 1 spiro atoms. The number of alkyl halides is 2. The summed E-state index contributed by atoms with van der Waals surface area (Å²) in [4.78, 5) is 37.2. The lowest BCUT2D eigenvalue weighted by Gasteiger charge is -2.43. The largest absolute Gasteiger partial charge is 0.389 e. The fourth-order valence-electron chi connectivity index (χ4n) is 5.72. The molecule has 3 atom stereocenters. The highest BCUT2D eigenvalue weighted by molar-refractivity contribution is 6.08. The monoisotopic (exact) mass is 469 g/mol. The van der Waals surface area contributed by atoms with Gasteiger partial charge in [-0.2, -0.15) is 8.78 Å². The van der Waals surface area contributed by atoms with Gasteiger partial charge in [0.05, 0.1) is 17.8 Å². The number of aryl methyl sites for hydroxylation is 1. The molecule has 2 aliphatic heterocycles. The number of urea groups is 1. The number of hydrogen-bond donors (Lipinski definition) is 2. The third-order valence-corrected chi connectivity index (χ3v) is 7.82. The molecule has 34 heavy (non-hydrogen) atoms. The van der Waals surface area contributed by atoms with E-state index in [1.165, 1.54) is 4.90 Å². The Labute approximate surface area is 195 Å². The molecule has 0 saturated carbocycles. The first-order valence-corrected chi connectivity index (χ1v) is 11.7. The Balaban J connectivity index is 1.44. The van der Waals surface area contributed by atoms with Crippen molar-refractivity contribution in [2.24, 2.45) is 0 Å². The lowest BCUT2D eigenvalue weighted by Crippen LogP contribution is -2.59. The molecule has 2 N–H and O–H groups in total. The number of fused-ring (bicyclic) bond motifs is 3. The summed E-state index contributed by atoms with van der Waals surface area (Å²) in [5, 5.41) is 12.8. The molecule has 0 unspecified atom stereocenters. The third kappa shape index (κ3) is 2.71. The van der Waals surface area contributed by atoms with Gasteiger partial charge in [0.2, 0.25) is 5.95 Å². The van der Waals surface area contributed by atoms with Gasteiger partial charge in [-0.1, -0.05) is 12.1 Å². The van der Waals surface area contributed by atoms with E-state index < -0.39 is 23.6 Å². The number of nitrogens with one attached hydrogen (secondary N) is 1. The zero-order valence-corrected chi connectivity index (χ0v) is 18.9.